The number of aromatic nitrogens is 2. The summed E-state index contributed by atoms with van der Waals surface area (Å²) in [5, 5.41) is 5.06. The molecule has 0 radical (unpaired) electrons. The molecule has 0 spiro atoms. The molecule has 0 saturated carbocycles. The van der Waals surface area contributed by atoms with Crippen molar-refractivity contribution in [3.8, 4) is 11.5 Å². The van der Waals surface area contributed by atoms with Crippen LogP contribution in [0.4, 0.5) is 0 Å². The smallest absolute Gasteiger partial charge is 0.282 e. The van der Waals surface area contributed by atoms with Crippen molar-refractivity contribution in [2.24, 2.45) is 10.8 Å². The number of halogens is 3. The number of nitrogens with zero attached hydrogens (tertiary/aromatic N) is 3. The third-order valence-corrected chi connectivity index (χ3v) is 6.41. The number of rotatable bonds is 9. The van der Waals surface area contributed by atoms with Crippen molar-refractivity contribution < 1.29 is 14.3 Å². The lowest BCUT2D eigenvalue weighted by molar-refractivity contribution is -0.119. The van der Waals surface area contributed by atoms with E-state index in [-0.39, 0.29) is 22.9 Å². The molecule has 33 heavy (non-hydrogen) atoms. The van der Waals surface area contributed by atoms with E-state index < -0.39 is 5.91 Å². The summed E-state index contributed by atoms with van der Waals surface area (Å²) in [6.07, 6.45) is 2.85. The zero-order valence-electron chi connectivity index (χ0n) is 17.9. The van der Waals surface area contributed by atoms with Gasteiger partial charge in [0.15, 0.2) is 18.1 Å². The van der Waals surface area contributed by atoms with E-state index in [1.165, 1.54) is 10.9 Å². The highest BCUT2D eigenvalue weighted by Crippen LogP contribution is 2.42. The Kier molecular flexibility index (Phi) is 8.50. The Morgan fingerprint density at radius 3 is 2.70 bits per heavy atom. The van der Waals surface area contributed by atoms with Gasteiger partial charge in [0.05, 0.1) is 23.7 Å². The van der Waals surface area contributed by atoms with Crippen molar-refractivity contribution in [3.05, 3.63) is 60.0 Å². The number of carbonyl (C=O) groups is 1. The van der Waals surface area contributed by atoms with Gasteiger partial charge in [0.1, 0.15) is 10.8 Å². The Balaban J connectivity index is 2.12. The first-order chi connectivity index (χ1) is 15.8. The van der Waals surface area contributed by atoms with Gasteiger partial charge in [-0.2, -0.15) is 9.78 Å². The van der Waals surface area contributed by atoms with E-state index in [2.05, 4.69) is 41.9 Å². The SMILES string of the molecule is CCCc1nc2ccc(Br)cc2c(=O)n1N=Cc1cc(OCC)c(OCC(N)=O)c(Cl)c1Br. The molecule has 3 aromatic rings. The van der Waals surface area contributed by atoms with Crippen LogP contribution in [-0.2, 0) is 11.2 Å². The summed E-state index contributed by atoms with van der Waals surface area (Å²) in [6.45, 7) is 3.79. The number of hydrogen-bond donors (Lipinski definition) is 1. The molecule has 0 unspecified atom stereocenters. The largest absolute Gasteiger partial charge is 0.490 e. The molecule has 2 N–H and O–H groups in total. The van der Waals surface area contributed by atoms with Crippen molar-refractivity contribution in [1.29, 1.82) is 0 Å². The molecule has 0 bridgehead atoms. The number of aryl methyl sites for hydroxylation is 1. The number of nitrogens with two attached hydrogens (primary N) is 1. The van der Waals surface area contributed by atoms with Crippen LogP contribution in [0, 0.1) is 0 Å². The summed E-state index contributed by atoms with van der Waals surface area (Å²) in [5.41, 5.74) is 6.04. The van der Waals surface area contributed by atoms with Gasteiger partial charge in [-0.1, -0.05) is 34.5 Å². The maximum absolute atomic E-state index is 13.2. The van der Waals surface area contributed by atoms with Gasteiger partial charge < -0.3 is 15.2 Å². The summed E-state index contributed by atoms with van der Waals surface area (Å²) in [5.74, 6) is 0.397. The predicted octanol–water partition coefficient (Wildman–Crippen LogP) is 4.67. The van der Waals surface area contributed by atoms with Crippen molar-refractivity contribution in [1.82, 2.24) is 9.66 Å². The lowest BCUT2D eigenvalue weighted by Crippen LogP contribution is -2.22. The first-order valence-electron chi connectivity index (χ1n) is 10.1. The van der Waals surface area contributed by atoms with Crippen LogP contribution in [-0.4, -0.2) is 35.0 Å². The fraction of sp³-hybridized carbons (Fsp3) is 0.273. The number of hydrogen-bond acceptors (Lipinski definition) is 6. The molecule has 8 nitrogen and oxygen atoms in total. The van der Waals surface area contributed by atoms with Crippen LogP contribution in [0.2, 0.25) is 5.02 Å². The minimum absolute atomic E-state index is 0.183. The fourth-order valence-corrected chi connectivity index (χ4v) is 4.07. The normalized spacial score (nSPS) is 11.3. The highest BCUT2D eigenvalue weighted by atomic mass is 79.9. The van der Waals surface area contributed by atoms with Crippen molar-refractivity contribution in [2.45, 2.75) is 26.7 Å². The molecule has 0 fully saturated rings. The summed E-state index contributed by atoms with van der Waals surface area (Å²) < 4.78 is 13.6. The van der Waals surface area contributed by atoms with E-state index >= 15 is 0 Å². The Bertz CT molecular complexity index is 1290. The second-order valence-electron chi connectivity index (χ2n) is 6.91. The van der Waals surface area contributed by atoms with E-state index in [0.717, 1.165) is 10.9 Å². The quantitative estimate of drug-likeness (QED) is 0.359. The van der Waals surface area contributed by atoms with Gasteiger partial charge in [0.2, 0.25) is 0 Å². The second-order valence-corrected chi connectivity index (χ2v) is 9.00. The van der Waals surface area contributed by atoms with E-state index in [9.17, 15) is 9.59 Å². The molecule has 1 heterocycles. The molecule has 0 aliphatic heterocycles. The number of primary amides is 1. The standard InChI is InChI=1S/C22H21Br2ClN4O4/c1-3-5-18-28-15-7-6-13(23)9-14(15)22(31)29(18)27-10-12-8-16(32-4-2)21(20(25)19(12)24)33-11-17(26)30/h6-10H,3-5,11H2,1-2H3,(H2,26,30). The van der Waals surface area contributed by atoms with Gasteiger partial charge in [0, 0.05) is 20.9 Å². The molecule has 0 aliphatic rings. The highest BCUT2D eigenvalue weighted by molar-refractivity contribution is 9.10. The molecular weight excluding hydrogens is 580 g/mol. The van der Waals surface area contributed by atoms with Crippen LogP contribution in [0.15, 0.2) is 43.1 Å². The zero-order valence-corrected chi connectivity index (χ0v) is 21.8. The molecule has 1 amide bonds. The second kappa shape index (κ2) is 11.1. The van der Waals surface area contributed by atoms with Gasteiger partial charge in [0.25, 0.3) is 11.5 Å². The average molecular weight is 601 g/mol. The highest BCUT2D eigenvalue weighted by Gasteiger charge is 2.18. The van der Waals surface area contributed by atoms with Gasteiger partial charge >= 0.3 is 0 Å². The monoisotopic (exact) mass is 598 g/mol. The Morgan fingerprint density at radius 2 is 2.03 bits per heavy atom. The summed E-state index contributed by atoms with van der Waals surface area (Å²) >= 11 is 13.3. The third kappa shape index (κ3) is 5.74. The summed E-state index contributed by atoms with van der Waals surface area (Å²) in [4.78, 5) is 28.9. The van der Waals surface area contributed by atoms with Gasteiger partial charge in [-0.3, -0.25) is 9.59 Å². The number of amides is 1. The lowest BCUT2D eigenvalue weighted by atomic mass is 10.2. The molecule has 0 atom stereocenters. The van der Waals surface area contributed by atoms with E-state index in [4.69, 9.17) is 26.8 Å². The number of benzene rings is 2. The van der Waals surface area contributed by atoms with Gasteiger partial charge in [-0.25, -0.2) is 4.98 Å². The maximum Gasteiger partial charge on any atom is 0.282 e. The van der Waals surface area contributed by atoms with E-state index in [1.54, 1.807) is 25.1 Å². The molecule has 0 aliphatic carbocycles. The van der Waals surface area contributed by atoms with Crippen molar-refractivity contribution in [2.75, 3.05) is 13.2 Å². The van der Waals surface area contributed by atoms with Gasteiger partial charge in [-0.15, -0.1) is 0 Å². The Hall–Kier alpha value is -2.43. The molecular formula is C22H21Br2ClN4O4. The summed E-state index contributed by atoms with van der Waals surface area (Å²) in [6, 6.07) is 7.00. The number of ether oxygens (including phenoxy) is 2. The van der Waals surface area contributed by atoms with Crippen molar-refractivity contribution >= 4 is 66.5 Å². The predicted molar refractivity (Wildman–Crippen MR) is 136 cm³/mol. The number of fused-ring (bicyclic) bond motifs is 1. The average Bonchev–Trinajstić information content (AvgIpc) is 2.77. The van der Waals surface area contributed by atoms with Crippen LogP contribution in [0.25, 0.3) is 10.9 Å². The van der Waals surface area contributed by atoms with Crippen molar-refractivity contribution in [3.63, 3.8) is 0 Å². The van der Waals surface area contributed by atoms with Gasteiger partial charge in [-0.05, 0) is 53.5 Å². The molecule has 2 aromatic carbocycles. The van der Waals surface area contributed by atoms with E-state index in [0.29, 0.717) is 45.5 Å². The van der Waals surface area contributed by atoms with Crippen LogP contribution in [0.3, 0.4) is 0 Å². The molecule has 0 saturated heterocycles. The molecule has 174 valence electrons. The van der Waals surface area contributed by atoms with Crippen LogP contribution < -0.4 is 20.8 Å². The Morgan fingerprint density at radius 1 is 1.27 bits per heavy atom. The van der Waals surface area contributed by atoms with Crippen LogP contribution in [0.1, 0.15) is 31.7 Å². The molecule has 11 heteroatoms. The van der Waals surface area contributed by atoms with Crippen LogP contribution >= 0.6 is 43.5 Å². The molecule has 3 rings (SSSR count). The van der Waals surface area contributed by atoms with Crippen LogP contribution in [0.5, 0.6) is 11.5 Å². The zero-order chi connectivity index (χ0) is 24.1. The first-order valence-corrected chi connectivity index (χ1v) is 12.0. The lowest BCUT2D eigenvalue weighted by Gasteiger charge is -2.15. The minimum atomic E-state index is -0.645. The first kappa shape index (κ1) is 25.2. The topological polar surface area (TPSA) is 109 Å². The fourth-order valence-electron chi connectivity index (χ4n) is 3.06. The third-order valence-electron chi connectivity index (χ3n) is 4.48. The maximum atomic E-state index is 13.2. The minimum Gasteiger partial charge on any atom is -0.490 e. The number of carbonyl (C=O) groups excluding carboxylic acids is 1. The molecule has 1 aromatic heterocycles. The Labute approximate surface area is 212 Å². The van der Waals surface area contributed by atoms with E-state index in [1.807, 2.05) is 13.0 Å². The summed E-state index contributed by atoms with van der Waals surface area (Å²) in [7, 11) is 0.